The van der Waals surface area contributed by atoms with Crippen LogP contribution in [0.15, 0.2) is 186 Å². The van der Waals surface area contributed by atoms with E-state index in [0.29, 0.717) is 23.4 Å². The highest BCUT2D eigenvalue weighted by molar-refractivity contribution is 5.88. The van der Waals surface area contributed by atoms with Crippen LogP contribution in [0.25, 0.3) is 101 Å². The zero-order chi connectivity index (χ0) is 36.6. The van der Waals surface area contributed by atoms with Gasteiger partial charge in [-0.25, -0.2) is 29.9 Å². The second kappa shape index (κ2) is 13.7. The van der Waals surface area contributed by atoms with Crippen molar-refractivity contribution in [3.05, 3.63) is 182 Å². The number of fused-ring (bicyclic) bond motifs is 2. The van der Waals surface area contributed by atoms with Crippen molar-refractivity contribution in [2.75, 3.05) is 0 Å². The normalized spacial score (nSPS) is 11.3. The third-order valence-electron chi connectivity index (χ3n) is 9.59. The van der Waals surface area contributed by atoms with Crippen molar-refractivity contribution in [3.8, 4) is 79.3 Å². The lowest BCUT2D eigenvalue weighted by Gasteiger charge is -2.12. The molecular weight excluding hydrogens is 677 g/mol. The molecule has 0 fully saturated rings. The number of rotatable bonds is 7. The van der Waals surface area contributed by atoms with Gasteiger partial charge in [-0.15, -0.1) is 0 Å². The van der Waals surface area contributed by atoms with E-state index in [2.05, 4.69) is 48.5 Å². The molecule has 0 N–H and O–H groups in total. The van der Waals surface area contributed by atoms with E-state index in [4.69, 9.17) is 34.3 Å². The molecule has 0 unspecified atom stereocenters. The Morgan fingerprint density at radius 3 is 1.18 bits per heavy atom. The van der Waals surface area contributed by atoms with Crippen molar-refractivity contribution in [2.24, 2.45) is 0 Å². The van der Waals surface area contributed by atoms with Gasteiger partial charge in [-0.3, -0.25) is 0 Å². The Hall–Kier alpha value is -7.64. The Labute approximate surface area is 316 Å². The number of hydrogen-bond acceptors (Lipinski definition) is 7. The number of nitrogens with zero attached hydrogens (tertiary/aromatic N) is 6. The van der Waals surface area contributed by atoms with Gasteiger partial charge in [-0.2, -0.15) is 0 Å². The molecule has 55 heavy (non-hydrogen) atoms. The molecule has 10 rings (SSSR count). The first-order valence-corrected chi connectivity index (χ1v) is 18.0. The fourth-order valence-electron chi connectivity index (χ4n) is 6.75. The molecule has 7 heteroatoms. The molecule has 0 atom stereocenters. The SMILES string of the molecule is c1ccc(-c2nc(-c3ccccc3)nc(-c3ccc(-c4nc5ccccc5nc4-c4ccc(-c5ccc6oc(-c7ccccc7)nc6c5)cc4)cc3)n2)cc1. The first-order chi connectivity index (χ1) is 27.2. The monoisotopic (exact) mass is 706 g/mol. The van der Waals surface area contributed by atoms with E-state index in [0.717, 1.165) is 78.0 Å². The summed E-state index contributed by atoms with van der Waals surface area (Å²) in [7, 11) is 0. The van der Waals surface area contributed by atoms with Gasteiger partial charge in [0.25, 0.3) is 0 Å². The zero-order valence-electron chi connectivity index (χ0n) is 29.4. The van der Waals surface area contributed by atoms with Crippen LogP contribution in [0.1, 0.15) is 0 Å². The van der Waals surface area contributed by atoms with E-state index in [1.54, 1.807) is 0 Å². The first kappa shape index (κ1) is 32.0. The van der Waals surface area contributed by atoms with Crippen LogP contribution >= 0.6 is 0 Å². The fourth-order valence-corrected chi connectivity index (χ4v) is 6.75. The van der Waals surface area contributed by atoms with E-state index in [1.165, 1.54) is 0 Å². The molecule has 0 aliphatic rings. The molecule has 0 radical (unpaired) electrons. The van der Waals surface area contributed by atoms with Crippen molar-refractivity contribution in [1.29, 1.82) is 0 Å². The van der Waals surface area contributed by atoms with Crippen LogP contribution in [0, 0.1) is 0 Å². The topological polar surface area (TPSA) is 90.5 Å². The maximum absolute atomic E-state index is 6.06. The van der Waals surface area contributed by atoms with E-state index < -0.39 is 0 Å². The van der Waals surface area contributed by atoms with Crippen molar-refractivity contribution in [2.45, 2.75) is 0 Å². The lowest BCUT2D eigenvalue weighted by molar-refractivity contribution is 0.620. The highest BCUT2D eigenvalue weighted by Gasteiger charge is 2.17. The number of oxazole rings is 1. The molecule has 3 aromatic heterocycles. The van der Waals surface area contributed by atoms with Crippen molar-refractivity contribution >= 4 is 22.1 Å². The number of aromatic nitrogens is 6. The molecule has 0 aliphatic heterocycles. The minimum Gasteiger partial charge on any atom is -0.436 e. The molecule has 0 spiro atoms. The van der Waals surface area contributed by atoms with Gasteiger partial charge in [0.05, 0.1) is 22.4 Å². The second-order valence-electron chi connectivity index (χ2n) is 13.2. The fraction of sp³-hybridized carbons (Fsp3) is 0. The van der Waals surface area contributed by atoms with Gasteiger partial charge in [0.15, 0.2) is 23.1 Å². The number of benzene rings is 7. The maximum Gasteiger partial charge on any atom is 0.227 e. The van der Waals surface area contributed by atoms with Gasteiger partial charge in [0.1, 0.15) is 5.52 Å². The van der Waals surface area contributed by atoms with Gasteiger partial charge in [-0.1, -0.05) is 146 Å². The summed E-state index contributed by atoms with van der Waals surface area (Å²) >= 11 is 0. The first-order valence-electron chi connectivity index (χ1n) is 18.0. The largest absolute Gasteiger partial charge is 0.436 e. The minimum atomic E-state index is 0.597. The second-order valence-corrected chi connectivity index (χ2v) is 13.2. The summed E-state index contributed by atoms with van der Waals surface area (Å²) in [5, 5.41) is 0. The van der Waals surface area contributed by atoms with E-state index in [-0.39, 0.29) is 0 Å². The Balaban J connectivity index is 1.01. The van der Waals surface area contributed by atoms with Crippen molar-refractivity contribution in [3.63, 3.8) is 0 Å². The summed E-state index contributed by atoms with van der Waals surface area (Å²) < 4.78 is 6.06. The summed E-state index contributed by atoms with van der Waals surface area (Å²) in [5.41, 5.74) is 12.5. The van der Waals surface area contributed by atoms with Crippen LogP contribution in [0.5, 0.6) is 0 Å². The smallest absolute Gasteiger partial charge is 0.227 e. The molecule has 7 nitrogen and oxygen atoms in total. The average molecular weight is 707 g/mol. The van der Waals surface area contributed by atoms with Crippen molar-refractivity contribution in [1.82, 2.24) is 29.9 Å². The number of hydrogen-bond donors (Lipinski definition) is 0. The quantitative estimate of drug-likeness (QED) is 0.163. The van der Waals surface area contributed by atoms with Crippen LogP contribution in [-0.4, -0.2) is 29.9 Å². The Bertz CT molecular complexity index is 2890. The molecule has 0 amide bonds. The zero-order valence-corrected chi connectivity index (χ0v) is 29.4. The van der Waals surface area contributed by atoms with Crippen LogP contribution in [0.3, 0.4) is 0 Å². The summed E-state index contributed by atoms with van der Waals surface area (Å²) in [6.07, 6.45) is 0. The summed E-state index contributed by atoms with van der Waals surface area (Å²) in [5.74, 6) is 2.45. The Morgan fingerprint density at radius 1 is 0.273 bits per heavy atom. The molecule has 3 heterocycles. The van der Waals surface area contributed by atoms with Gasteiger partial charge in [-0.05, 0) is 47.5 Å². The summed E-state index contributed by atoms with van der Waals surface area (Å²) in [4.78, 5) is 29.7. The van der Waals surface area contributed by atoms with Gasteiger partial charge in [0.2, 0.25) is 5.89 Å². The lowest BCUT2D eigenvalue weighted by Crippen LogP contribution is -2.00. The van der Waals surface area contributed by atoms with Crippen LogP contribution in [-0.2, 0) is 0 Å². The Morgan fingerprint density at radius 2 is 0.673 bits per heavy atom. The predicted molar refractivity (Wildman–Crippen MR) is 219 cm³/mol. The van der Waals surface area contributed by atoms with E-state index in [9.17, 15) is 0 Å². The molecule has 10 aromatic rings. The summed E-state index contributed by atoms with van der Waals surface area (Å²) in [6, 6.07) is 60.7. The molecule has 0 saturated carbocycles. The van der Waals surface area contributed by atoms with E-state index in [1.807, 2.05) is 133 Å². The average Bonchev–Trinajstić information content (AvgIpc) is 3.71. The molecule has 0 aliphatic carbocycles. The highest BCUT2D eigenvalue weighted by Crippen LogP contribution is 2.35. The van der Waals surface area contributed by atoms with Crippen LogP contribution in [0.2, 0.25) is 0 Å². The van der Waals surface area contributed by atoms with E-state index >= 15 is 0 Å². The van der Waals surface area contributed by atoms with Gasteiger partial charge >= 0.3 is 0 Å². The van der Waals surface area contributed by atoms with Gasteiger partial charge in [0, 0.05) is 33.4 Å². The highest BCUT2D eigenvalue weighted by atomic mass is 16.3. The third-order valence-corrected chi connectivity index (χ3v) is 9.59. The van der Waals surface area contributed by atoms with Gasteiger partial charge < -0.3 is 4.42 Å². The van der Waals surface area contributed by atoms with Crippen molar-refractivity contribution < 1.29 is 4.42 Å². The standard InChI is InChI=1S/C48H30N6O/c1-4-12-34(13-5-1)45-52-46(35-14-6-2-7-15-35)54-47(53-45)36-26-24-33(25-27-36)44-43(49-39-18-10-11-19-40(39)50-44)32-22-20-31(21-23-32)38-28-29-42-41(30-38)51-48(55-42)37-16-8-3-9-17-37/h1-30H. The van der Waals surface area contributed by atoms with Crippen LogP contribution in [0.4, 0.5) is 0 Å². The molecule has 258 valence electrons. The maximum atomic E-state index is 6.06. The van der Waals surface area contributed by atoms with Crippen LogP contribution < -0.4 is 0 Å². The number of para-hydroxylation sites is 2. The summed E-state index contributed by atoms with van der Waals surface area (Å²) in [6.45, 7) is 0. The predicted octanol–water partition coefficient (Wildman–Crippen LogP) is 11.6. The third kappa shape index (κ3) is 6.30. The lowest BCUT2D eigenvalue weighted by atomic mass is 9.99. The molecule has 0 saturated heterocycles. The minimum absolute atomic E-state index is 0.597. The molecular formula is C48H30N6O. The Kier molecular flexibility index (Phi) is 8.00. The molecule has 0 bridgehead atoms. The molecule has 7 aromatic carbocycles.